The Kier molecular flexibility index (Phi) is 11.0. The number of phenols is 2. The normalized spacial score (nSPS) is 14.8. The quantitative estimate of drug-likeness (QED) is 0.206. The highest BCUT2D eigenvalue weighted by molar-refractivity contribution is 7.48. The molecule has 0 aliphatic carbocycles. The highest BCUT2D eigenvalue weighted by Gasteiger charge is 2.33. The van der Waals surface area contributed by atoms with E-state index in [0.717, 1.165) is 0 Å². The summed E-state index contributed by atoms with van der Waals surface area (Å²) in [5, 5.41) is 19.2. The van der Waals surface area contributed by atoms with Crippen molar-refractivity contribution in [3.05, 3.63) is 23.8 Å². The van der Waals surface area contributed by atoms with Crippen molar-refractivity contribution < 1.29 is 56.4 Å². The summed E-state index contributed by atoms with van der Waals surface area (Å²) in [6.07, 6.45) is -1.36. The summed E-state index contributed by atoms with van der Waals surface area (Å²) in [7, 11) is -8.52. The standard InChI is InChI=1S/C16H26O12P2/c1-4-24-29(20,21)27-11-12(28-30(22,25-5-2)26-6-3)10-23-16(19)13-8-7-9-14(17)15(13)18/h7-9,12,17-18H,4-6,10-11H2,1-3H3,(H,20,21). The Bertz CT molecular complexity index is 773. The van der Waals surface area contributed by atoms with E-state index in [1.807, 2.05) is 0 Å². The van der Waals surface area contributed by atoms with Crippen molar-refractivity contribution in [2.24, 2.45) is 0 Å². The van der Waals surface area contributed by atoms with Gasteiger partial charge in [0.25, 0.3) is 0 Å². The number of phenolic OH excluding ortho intramolecular Hbond substituents is 2. The minimum absolute atomic E-state index is 0.0285. The first-order valence-corrected chi connectivity index (χ1v) is 11.9. The minimum Gasteiger partial charge on any atom is -0.504 e. The van der Waals surface area contributed by atoms with E-state index in [0.29, 0.717) is 0 Å². The summed E-state index contributed by atoms with van der Waals surface area (Å²) in [5.74, 6) is -2.27. The van der Waals surface area contributed by atoms with Gasteiger partial charge in [0.2, 0.25) is 0 Å². The Morgan fingerprint density at radius 2 is 1.57 bits per heavy atom. The summed E-state index contributed by atoms with van der Waals surface area (Å²) in [5.41, 5.74) is -0.338. The molecule has 3 N–H and O–H groups in total. The van der Waals surface area contributed by atoms with Crippen LogP contribution in [-0.4, -0.2) is 60.2 Å². The van der Waals surface area contributed by atoms with Crippen molar-refractivity contribution in [2.45, 2.75) is 26.9 Å². The molecule has 1 aromatic carbocycles. The van der Waals surface area contributed by atoms with E-state index in [1.54, 1.807) is 13.8 Å². The number of ether oxygens (including phenoxy) is 1. The number of rotatable bonds is 14. The van der Waals surface area contributed by atoms with Crippen LogP contribution in [0.3, 0.4) is 0 Å². The molecule has 30 heavy (non-hydrogen) atoms. The molecule has 12 nitrogen and oxygen atoms in total. The van der Waals surface area contributed by atoms with Gasteiger partial charge in [-0.3, -0.25) is 22.6 Å². The number of aromatic hydroxyl groups is 2. The van der Waals surface area contributed by atoms with Gasteiger partial charge in [-0.25, -0.2) is 13.9 Å². The zero-order chi connectivity index (χ0) is 22.8. The lowest BCUT2D eigenvalue weighted by atomic mass is 10.2. The number of esters is 1. The van der Waals surface area contributed by atoms with E-state index in [9.17, 15) is 29.0 Å². The number of para-hydroxylation sites is 1. The van der Waals surface area contributed by atoms with Crippen LogP contribution in [0.5, 0.6) is 11.5 Å². The van der Waals surface area contributed by atoms with Gasteiger partial charge in [0.1, 0.15) is 18.3 Å². The monoisotopic (exact) mass is 472 g/mol. The average molecular weight is 472 g/mol. The maximum Gasteiger partial charge on any atom is 0.475 e. The molecular weight excluding hydrogens is 446 g/mol. The average Bonchev–Trinajstić information content (AvgIpc) is 2.66. The first-order chi connectivity index (χ1) is 14.1. The molecule has 172 valence electrons. The van der Waals surface area contributed by atoms with Gasteiger partial charge in [0.15, 0.2) is 11.5 Å². The largest absolute Gasteiger partial charge is 0.504 e. The van der Waals surface area contributed by atoms with Gasteiger partial charge in [-0.05, 0) is 32.9 Å². The highest BCUT2D eigenvalue weighted by atomic mass is 31.2. The second-order valence-electron chi connectivity index (χ2n) is 5.46. The number of phosphoric acid groups is 2. The SMILES string of the molecule is CCOP(=O)(O)OCC(COC(=O)c1cccc(O)c1O)OP(=O)(OCC)OCC. The summed E-state index contributed by atoms with van der Waals surface area (Å²) in [4.78, 5) is 21.7. The van der Waals surface area contributed by atoms with Gasteiger partial charge < -0.3 is 19.8 Å². The summed E-state index contributed by atoms with van der Waals surface area (Å²) < 4.78 is 53.9. The predicted molar refractivity (Wildman–Crippen MR) is 103 cm³/mol. The van der Waals surface area contributed by atoms with Crippen LogP contribution in [0.25, 0.3) is 0 Å². The maximum atomic E-state index is 12.6. The van der Waals surface area contributed by atoms with Crippen molar-refractivity contribution in [1.82, 2.24) is 0 Å². The van der Waals surface area contributed by atoms with E-state index in [4.69, 9.17) is 22.8 Å². The Balaban J connectivity index is 2.93. The summed E-state index contributed by atoms with van der Waals surface area (Å²) in [6, 6.07) is 3.68. The smallest absolute Gasteiger partial charge is 0.475 e. The van der Waals surface area contributed by atoms with Gasteiger partial charge in [-0.2, -0.15) is 0 Å². The van der Waals surface area contributed by atoms with Gasteiger partial charge in [-0.1, -0.05) is 6.07 Å². The lowest BCUT2D eigenvalue weighted by Crippen LogP contribution is -2.27. The molecule has 0 radical (unpaired) electrons. The number of hydrogen-bond donors (Lipinski definition) is 3. The molecule has 0 fully saturated rings. The van der Waals surface area contributed by atoms with Crippen molar-refractivity contribution >= 4 is 21.6 Å². The van der Waals surface area contributed by atoms with Gasteiger partial charge in [-0.15, -0.1) is 0 Å². The lowest BCUT2D eigenvalue weighted by Gasteiger charge is -2.23. The van der Waals surface area contributed by atoms with E-state index < -0.39 is 52.4 Å². The highest BCUT2D eigenvalue weighted by Crippen LogP contribution is 2.51. The van der Waals surface area contributed by atoms with E-state index in [2.05, 4.69) is 4.52 Å². The van der Waals surface area contributed by atoms with Gasteiger partial charge >= 0.3 is 21.6 Å². The fraction of sp³-hybridized carbons (Fsp3) is 0.562. The van der Waals surface area contributed by atoms with Gasteiger partial charge in [0.05, 0.1) is 26.4 Å². The molecule has 0 aliphatic rings. The molecule has 1 rings (SSSR count). The Morgan fingerprint density at radius 3 is 2.13 bits per heavy atom. The molecule has 0 saturated carbocycles. The van der Waals surface area contributed by atoms with Crippen molar-refractivity contribution in [3.8, 4) is 11.5 Å². The molecule has 14 heteroatoms. The first-order valence-electron chi connectivity index (χ1n) is 8.94. The minimum atomic E-state index is -4.43. The van der Waals surface area contributed by atoms with Crippen LogP contribution < -0.4 is 0 Å². The summed E-state index contributed by atoms with van der Waals surface area (Å²) >= 11 is 0. The zero-order valence-corrected chi connectivity index (χ0v) is 18.5. The molecule has 1 aromatic rings. The Morgan fingerprint density at radius 1 is 0.967 bits per heavy atom. The molecule has 0 spiro atoms. The molecular formula is C16H26O12P2. The predicted octanol–water partition coefficient (Wildman–Crippen LogP) is 2.97. The lowest BCUT2D eigenvalue weighted by molar-refractivity contribution is -0.00229. The number of carbonyl (C=O) groups excluding carboxylic acids is 1. The third-order valence-electron chi connectivity index (χ3n) is 3.20. The molecule has 0 aromatic heterocycles. The topological polar surface area (TPSA) is 167 Å². The fourth-order valence-corrected chi connectivity index (χ4v) is 4.10. The van der Waals surface area contributed by atoms with Gasteiger partial charge in [0, 0.05) is 0 Å². The van der Waals surface area contributed by atoms with Crippen molar-refractivity contribution in [2.75, 3.05) is 33.0 Å². The first kappa shape index (κ1) is 26.5. The van der Waals surface area contributed by atoms with Crippen LogP contribution in [0.1, 0.15) is 31.1 Å². The summed E-state index contributed by atoms with van der Waals surface area (Å²) in [6.45, 7) is 3.11. The molecule has 2 atom stereocenters. The van der Waals surface area contributed by atoms with E-state index >= 15 is 0 Å². The molecule has 0 saturated heterocycles. The van der Waals surface area contributed by atoms with Crippen LogP contribution >= 0.6 is 15.6 Å². The van der Waals surface area contributed by atoms with E-state index in [-0.39, 0.29) is 25.4 Å². The zero-order valence-electron chi connectivity index (χ0n) is 16.8. The Hall–Kier alpha value is -1.49. The number of hydrogen-bond acceptors (Lipinski definition) is 11. The number of carbonyl (C=O) groups is 1. The van der Waals surface area contributed by atoms with Crippen molar-refractivity contribution in [1.29, 1.82) is 0 Å². The third kappa shape index (κ3) is 8.71. The molecule has 0 heterocycles. The number of phosphoric ester groups is 2. The van der Waals surface area contributed by atoms with Crippen LogP contribution in [0.15, 0.2) is 18.2 Å². The van der Waals surface area contributed by atoms with Crippen LogP contribution in [0, 0.1) is 0 Å². The second kappa shape index (κ2) is 12.4. The Labute approximate surface area is 173 Å². The fourth-order valence-electron chi connectivity index (χ4n) is 2.03. The molecule has 2 unspecified atom stereocenters. The van der Waals surface area contributed by atoms with Crippen LogP contribution in [0.4, 0.5) is 0 Å². The maximum absolute atomic E-state index is 12.6. The molecule has 0 aliphatic heterocycles. The van der Waals surface area contributed by atoms with Crippen LogP contribution in [0.2, 0.25) is 0 Å². The van der Waals surface area contributed by atoms with Crippen LogP contribution in [-0.2, 0) is 36.5 Å². The molecule has 0 bridgehead atoms. The third-order valence-corrected chi connectivity index (χ3v) is 5.97. The number of benzene rings is 1. The van der Waals surface area contributed by atoms with Crippen molar-refractivity contribution in [3.63, 3.8) is 0 Å². The molecule has 0 amide bonds. The van der Waals surface area contributed by atoms with E-state index in [1.165, 1.54) is 25.1 Å². The second-order valence-corrected chi connectivity index (χ2v) is 8.54.